The number of nitrogens with zero attached hydrogens (tertiary/aromatic N) is 2. The van der Waals surface area contributed by atoms with Crippen molar-refractivity contribution in [1.29, 1.82) is 0 Å². The fraction of sp³-hybridized carbons (Fsp3) is 0.923. The summed E-state index contributed by atoms with van der Waals surface area (Å²) in [6.07, 6.45) is -0.825. The van der Waals surface area contributed by atoms with Gasteiger partial charge in [0.2, 0.25) is 5.91 Å². The molecule has 1 amide bonds. The Kier molecular flexibility index (Phi) is 4.90. The summed E-state index contributed by atoms with van der Waals surface area (Å²) in [6, 6.07) is 0.455. The minimum absolute atomic E-state index is 0.0736. The van der Waals surface area contributed by atoms with Crippen molar-refractivity contribution in [1.82, 2.24) is 15.1 Å². The molecule has 7 heteroatoms. The molecule has 1 N–H and O–H groups in total. The zero-order valence-electron chi connectivity index (χ0n) is 11.7. The number of fused-ring (bicyclic) bond motifs is 1. The highest BCUT2D eigenvalue weighted by molar-refractivity contribution is 5.78. The second-order valence-corrected chi connectivity index (χ2v) is 5.76. The third kappa shape index (κ3) is 4.09. The van der Waals surface area contributed by atoms with Crippen LogP contribution in [0.4, 0.5) is 13.2 Å². The van der Waals surface area contributed by atoms with Gasteiger partial charge in [-0.25, -0.2) is 0 Å². The Balaban J connectivity index is 1.83. The molecule has 116 valence electrons. The number of hydrogen-bond donors (Lipinski definition) is 1. The number of nitrogens with one attached hydrogen (secondary N) is 1. The lowest BCUT2D eigenvalue weighted by Gasteiger charge is -2.47. The van der Waals surface area contributed by atoms with E-state index in [0.717, 1.165) is 19.5 Å². The highest BCUT2D eigenvalue weighted by atomic mass is 19.4. The van der Waals surface area contributed by atoms with E-state index in [1.54, 1.807) is 4.90 Å². The van der Waals surface area contributed by atoms with Crippen molar-refractivity contribution >= 4 is 5.91 Å². The van der Waals surface area contributed by atoms with Gasteiger partial charge in [-0.05, 0) is 26.3 Å². The number of rotatable bonds is 3. The molecule has 20 heavy (non-hydrogen) atoms. The molecule has 4 nitrogen and oxygen atoms in total. The van der Waals surface area contributed by atoms with Crippen molar-refractivity contribution in [3.8, 4) is 0 Å². The number of halogens is 3. The molecule has 0 saturated carbocycles. The Morgan fingerprint density at radius 1 is 1.30 bits per heavy atom. The van der Waals surface area contributed by atoms with Crippen LogP contribution in [-0.2, 0) is 4.79 Å². The number of amides is 1. The summed E-state index contributed by atoms with van der Waals surface area (Å²) in [5.41, 5.74) is 0. The molecular formula is C13H22F3N3O. The van der Waals surface area contributed by atoms with Crippen molar-refractivity contribution in [3.63, 3.8) is 0 Å². The van der Waals surface area contributed by atoms with E-state index >= 15 is 0 Å². The monoisotopic (exact) mass is 293 g/mol. The van der Waals surface area contributed by atoms with Crippen LogP contribution in [0.1, 0.15) is 26.2 Å². The lowest BCUT2D eigenvalue weighted by atomic mass is 9.97. The summed E-state index contributed by atoms with van der Waals surface area (Å²) >= 11 is 0. The van der Waals surface area contributed by atoms with E-state index in [1.807, 2.05) is 6.92 Å². The SMILES string of the molecule is CC1CN2CCCCC2CN1C(=O)CNCC(F)(F)F. The van der Waals surface area contributed by atoms with E-state index in [-0.39, 0.29) is 18.5 Å². The predicted molar refractivity (Wildman–Crippen MR) is 69.3 cm³/mol. The first-order chi connectivity index (χ1) is 9.37. The number of piperazine rings is 1. The van der Waals surface area contributed by atoms with Crippen molar-refractivity contribution < 1.29 is 18.0 Å². The van der Waals surface area contributed by atoms with Gasteiger partial charge < -0.3 is 10.2 Å². The first kappa shape index (κ1) is 15.6. The maximum Gasteiger partial charge on any atom is 0.401 e. The van der Waals surface area contributed by atoms with E-state index in [4.69, 9.17) is 0 Å². The lowest BCUT2D eigenvalue weighted by molar-refractivity contribution is -0.139. The van der Waals surface area contributed by atoms with Gasteiger partial charge in [0.15, 0.2) is 0 Å². The lowest BCUT2D eigenvalue weighted by Crippen LogP contribution is -2.61. The van der Waals surface area contributed by atoms with Crippen LogP contribution >= 0.6 is 0 Å². The molecule has 0 spiro atoms. The second-order valence-electron chi connectivity index (χ2n) is 5.76. The molecule has 0 aromatic carbocycles. The average molecular weight is 293 g/mol. The van der Waals surface area contributed by atoms with E-state index in [2.05, 4.69) is 10.2 Å². The molecule has 2 heterocycles. The van der Waals surface area contributed by atoms with Gasteiger partial charge >= 0.3 is 6.18 Å². The van der Waals surface area contributed by atoms with Crippen LogP contribution in [0.5, 0.6) is 0 Å². The molecule has 2 aliphatic rings. The van der Waals surface area contributed by atoms with Gasteiger partial charge in [-0.2, -0.15) is 13.2 Å². The van der Waals surface area contributed by atoms with Gasteiger partial charge in [0.25, 0.3) is 0 Å². The molecular weight excluding hydrogens is 271 g/mol. The number of alkyl halides is 3. The first-order valence-corrected chi connectivity index (χ1v) is 7.18. The molecule has 2 aliphatic heterocycles. The summed E-state index contributed by atoms with van der Waals surface area (Å²) in [6.45, 7) is 3.16. The first-order valence-electron chi connectivity index (χ1n) is 7.18. The predicted octanol–water partition coefficient (Wildman–Crippen LogP) is 1.22. The third-order valence-electron chi connectivity index (χ3n) is 4.11. The quantitative estimate of drug-likeness (QED) is 0.850. The summed E-state index contributed by atoms with van der Waals surface area (Å²) in [5.74, 6) is -0.230. The van der Waals surface area contributed by atoms with Gasteiger partial charge in [-0.15, -0.1) is 0 Å². The zero-order valence-corrected chi connectivity index (χ0v) is 11.7. The topological polar surface area (TPSA) is 35.6 Å². The minimum Gasteiger partial charge on any atom is -0.336 e. The Morgan fingerprint density at radius 2 is 2.05 bits per heavy atom. The molecule has 2 unspecified atom stereocenters. The molecule has 2 saturated heterocycles. The fourth-order valence-electron chi connectivity index (χ4n) is 3.11. The number of carbonyl (C=O) groups excluding carboxylic acids is 1. The Morgan fingerprint density at radius 3 is 2.75 bits per heavy atom. The van der Waals surface area contributed by atoms with Crippen LogP contribution in [0.3, 0.4) is 0 Å². The molecule has 2 rings (SSSR count). The van der Waals surface area contributed by atoms with E-state index < -0.39 is 12.7 Å². The molecule has 0 bridgehead atoms. The smallest absolute Gasteiger partial charge is 0.336 e. The van der Waals surface area contributed by atoms with Gasteiger partial charge in [-0.1, -0.05) is 6.42 Å². The van der Waals surface area contributed by atoms with Crippen LogP contribution in [-0.4, -0.2) is 66.7 Å². The van der Waals surface area contributed by atoms with Gasteiger partial charge in [-0.3, -0.25) is 9.69 Å². The van der Waals surface area contributed by atoms with E-state index in [1.165, 1.54) is 12.8 Å². The van der Waals surface area contributed by atoms with Crippen LogP contribution in [0, 0.1) is 0 Å². The van der Waals surface area contributed by atoms with Crippen molar-refractivity contribution in [3.05, 3.63) is 0 Å². The van der Waals surface area contributed by atoms with Crippen molar-refractivity contribution in [2.75, 3.05) is 32.7 Å². The number of carbonyl (C=O) groups is 1. The molecule has 2 atom stereocenters. The van der Waals surface area contributed by atoms with Crippen LogP contribution < -0.4 is 5.32 Å². The van der Waals surface area contributed by atoms with Crippen LogP contribution in [0.15, 0.2) is 0 Å². The molecule has 0 aromatic rings. The van der Waals surface area contributed by atoms with Crippen LogP contribution in [0.2, 0.25) is 0 Å². The highest BCUT2D eigenvalue weighted by Gasteiger charge is 2.35. The fourth-order valence-corrected chi connectivity index (χ4v) is 3.11. The Bertz CT molecular complexity index is 348. The third-order valence-corrected chi connectivity index (χ3v) is 4.11. The second kappa shape index (κ2) is 6.30. The van der Waals surface area contributed by atoms with Crippen LogP contribution in [0.25, 0.3) is 0 Å². The summed E-state index contributed by atoms with van der Waals surface area (Å²) < 4.78 is 36.2. The Labute approximate surface area is 117 Å². The van der Waals surface area contributed by atoms with Gasteiger partial charge in [0.05, 0.1) is 13.1 Å². The molecule has 0 aliphatic carbocycles. The average Bonchev–Trinajstić information content (AvgIpc) is 2.36. The molecule has 0 aromatic heterocycles. The maximum absolute atomic E-state index is 12.1. The number of hydrogen-bond acceptors (Lipinski definition) is 3. The summed E-state index contributed by atoms with van der Waals surface area (Å²) in [4.78, 5) is 16.2. The summed E-state index contributed by atoms with van der Waals surface area (Å²) in [7, 11) is 0. The Hall–Kier alpha value is -0.820. The standard InChI is InChI=1S/C13H22F3N3O/c1-10-7-18-5-3-2-4-11(18)8-19(10)12(20)6-17-9-13(14,15)16/h10-11,17H,2-9H2,1H3. The minimum atomic E-state index is -4.27. The molecule has 0 radical (unpaired) electrons. The highest BCUT2D eigenvalue weighted by Crippen LogP contribution is 2.24. The largest absolute Gasteiger partial charge is 0.401 e. The van der Waals surface area contributed by atoms with Crippen molar-refractivity contribution in [2.24, 2.45) is 0 Å². The maximum atomic E-state index is 12.1. The molecule has 2 fully saturated rings. The van der Waals surface area contributed by atoms with E-state index in [9.17, 15) is 18.0 Å². The van der Waals surface area contributed by atoms with E-state index in [0.29, 0.717) is 12.6 Å². The zero-order chi connectivity index (χ0) is 14.8. The van der Waals surface area contributed by atoms with Gasteiger partial charge in [0, 0.05) is 25.2 Å². The normalized spacial score (nSPS) is 28.3. The summed E-state index contributed by atoms with van der Waals surface area (Å²) in [5, 5.41) is 2.19. The van der Waals surface area contributed by atoms with Gasteiger partial charge in [0.1, 0.15) is 0 Å². The number of piperidine rings is 1. The van der Waals surface area contributed by atoms with Crippen molar-refractivity contribution in [2.45, 2.75) is 44.4 Å².